The SMILES string of the molecule is CCOCCCNC(=O)c1ccccc1NC(=O)c1ccc(Oc2ccccc2)cc1. The molecule has 3 rings (SSSR count). The van der Waals surface area contributed by atoms with E-state index in [2.05, 4.69) is 10.6 Å². The Kier molecular flexibility index (Phi) is 8.20. The van der Waals surface area contributed by atoms with Crippen molar-refractivity contribution in [2.75, 3.05) is 25.1 Å². The lowest BCUT2D eigenvalue weighted by Crippen LogP contribution is -2.26. The third kappa shape index (κ3) is 6.69. The Balaban J connectivity index is 1.60. The number of carbonyl (C=O) groups is 2. The molecule has 0 unspecified atom stereocenters. The second-order valence-electron chi connectivity index (χ2n) is 6.75. The van der Waals surface area contributed by atoms with E-state index in [0.29, 0.717) is 42.3 Å². The summed E-state index contributed by atoms with van der Waals surface area (Å²) in [6.07, 6.45) is 0.728. The minimum absolute atomic E-state index is 0.237. The van der Waals surface area contributed by atoms with Crippen LogP contribution in [-0.2, 0) is 4.74 Å². The number of hydrogen-bond donors (Lipinski definition) is 2. The third-order valence-corrected chi connectivity index (χ3v) is 4.47. The number of ether oxygens (including phenoxy) is 2. The molecule has 2 amide bonds. The average Bonchev–Trinajstić information content (AvgIpc) is 2.80. The summed E-state index contributed by atoms with van der Waals surface area (Å²) in [6, 6.07) is 23.2. The number of amides is 2. The van der Waals surface area contributed by atoms with Gasteiger partial charge in [0.2, 0.25) is 0 Å². The number of rotatable bonds is 10. The summed E-state index contributed by atoms with van der Waals surface area (Å²) in [4.78, 5) is 25.2. The molecule has 6 heteroatoms. The largest absolute Gasteiger partial charge is 0.457 e. The van der Waals surface area contributed by atoms with E-state index in [-0.39, 0.29) is 11.8 Å². The van der Waals surface area contributed by atoms with Gasteiger partial charge in [0.05, 0.1) is 11.3 Å². The molecule has 0 aliphatic carbocycles. The minimum atomic E-state index is -0.303. The van der Waals surface area contributed by atoms with Crippen molar-refractivity contribution in [2.24, 2.45) is 0 Å². The van der Waals surface area contributed by atoms with E-state index in [4.69, 9.17) is 9.47 Å². The molecule has 0 aromatic heterocycles. The lowest BCUT2D eigenvalue weighted by atomic mass is 10.1. The molecule has 3 aromatic carbocycles. The Morgan fingerprint density at radius 1 is 0.806 bits per heavy atom. The van der Waals surface area contributed by atoms with Crippen LogP contribution in [0.4, 0.5) is 5.69 Å². The molecule has 31 heavy (non-hydrogen) atoms. The lowest BCUT2D eigenvalue weighted by Gasteiger charge is -2.12. The number of hydrogen-bond acceptors (Lipinski definition) is 4. The first kappa shape index (κ1) is 22.1. The standard InChI is InChI=1S/C25H26N2O4/c1-2-30-18-8-17-26-25(29)22-11-6-7-12-23(22)27-24(28)19-13-15-21(16-14-19)31-20-9-4-3-5-10-20/h3-7,9-16H,2,8,17-18H2,1H3,(H,26,29)(H,27,28). The van der Waals surface area contributed by atoms with Crippen molar-refractivity contribution in [3.05, 3.63) is 90.0 Å². The van der Waals surface area contributed by atoms with E-state index in [1.54, 1.807) is 48.5 Å². The van der Waals surface area contributed by atoms with Crippen molar-refractivity contribution < 1.29 is 19.1 Å². The highest BCUT2D eigenvalue weighted by atomic mass is 16.5. The molecule has 2 N–H and O–H groups in total. The predicted molar refractivity (Wildman–Crippen MR) is 121 cm³/mol. The van der Waals surface area contributed by atoms with E-state index in [1.807, 2.05) is 37.3 Å². The van der Waals surface area contributed by atoms with Gasteiger partial charge in [-0.2, -0.15) is 0 Å². The molecule has 0 aliphatic heterocycles. The van der Waals surface area contributed by atoms with Crippen LogP contribution < -0.4 is 15.4 Å². The number of carbonyl (C=O) groups excluding carboxylic acids is 2. The van der Waals surface area contributed by atoms with E-state index in [9.17, 15) is 9.59 Å². The summed E-state index contributed by atoms with van der Waals surface area (Å²) in [5, 5.41) is 5.68. The number of anilines is 1. The molecule has 0 aliphatic rings. The van der Waals surface area contributed by atoms with Crippen LogP contribution in [0.25, 0.3) is 0 Å². The van der Waals surface area contributed by atoms with Crippen LogP contribution in [0, 0.1) is 0 Å². The Bertz CT molecular complexity index is 988. The molecule has 0 bridgehead atoms. The van der Waals surface area contributed by atoms with Gasteiger partial charge >= 0.3 is 0 Å². The molecule has 6 nitrogen and oxygen atoms in total. The highest BCUT2D eigenvalue weighted by molar-refractivity contribution is 6.09. The zero-order valence-corrected chi connectivity index (χ0v) is 17.5. The van der Waals surface area contributed by atoms with E-state index in [1.165, 1.54) is 0 Å². The van der Waals surface area contributed by atoms with Crippen LogP contribution in [0.1, 0.15) is 34.1 Å². The van der Waals surface area contributed by atoms with E-state index in [0.717, 1.165) is 12.2 Å². The lowest BCUT2D eigenvalue weighted by molar-refractivity contribution is 0.0945. The first-order valence-electron chi connectivity index (χ1n) is 10.3. The van der Waals surface area contributed by atoms with Crippen LogP contribution >= 0.6 is 0 Å². The fraction of sp³-hybridized carbons (Fsp3) is 0.200. The van der Waals surface area contributed by atoms with Gasteiger partial charge in [0, 0.05) is 25.3 Å². The molecule has 0 radical (unpaired) electrons. The zero-order valence-electron chi connectivity index (χ0n) is 17.5. The average molecular weight is 418 g/mol. The fourth-order valence-corrected chi connectivity index (χ4v) is 2.90. The Hall–Kier alpha value is -3.64. The van der Waals surface area contributed by atoms with E-state index < -0.39 is 0 Å². The van der Waals surface area contributed by atoms with Crippen LogP contribution in [-0.4, -0.2) is 31.6 Å². The topological polar surface area (TPSA) is 76.7 Å². The van der Waals surface area contributed by atoms with Crippen molar-refractivity contribution in [1.82, 2.24) is 5.32 Å². The third-order valence-electron chi connectivity index (χ3n) is 4.47. The quantitative estimate of drug-likeness (QED) is 0.460. The monoisotopic (exact) mass is 418 g/mol. The molecule has 0 saturated carbocycles. The smallest absolute Gasteiger partial charge is 0.255 e. The maximum absolute atomic E-state index is 12.7. The highest BCUT2D eigenvalue weighted by Gasteiger charge is 2.14. The molecule has 0 spiro atoms. The second kappa shape index (κ2) is 11.5. The fourth-order valence-electron chi connectivity index (χ4n) is 2.90. The van der Waals surface area contributed by atoms with Crippen molar-refractivity contribution in [3.63, 3.8) is 0 Å². The number of nitrogens with one attached hydrogen (secondary N) is 2. The highest BCUT2D eigenvalue weighted by Crippen LogP contribution is 2.22. The normalized spacial score (nSPS) is 10.4. The first-order valence-corrected chi connectivity index (χ1v) is 10.3. The number of benzene rings is 3. The summed E-state index contributed by atoms with van der Waals surface area (Å²) in [5.74, 6) is 0.817. The Morgan fingerprint density at radius 3 is 2.23 bits per heavy atom. The predicted octanol–water partition coefficient (Wildman–Crippen LogP) is 4.89. The van der Waals surface area contributed by atoms with Gasteiger partial charge in [0.25, 0.3) is 11.8 Å². The van der Waals surface area contributed by atoms with Crippen molar-refractivity contribution >= 4 is 17.5 Å². The summed E-state index contributed by atoms with van der Waals surface area (Å²) in [7, 11) is 0. The Morgan fingerprint density at radius 2 is 1.48 bits per heavy atom. The van der Waals surface area contributed by atoms with Gasteiger partial charge in [-0.1, -0.05) is 30.3 Å². The maximum Gasteiger partial charge on any atom is 0.255 e. The van der Waals surface area contributed by atoms with E-state index >= 15 is 0 Å². The summed E-state index contributed by atoms with van der Waals surface area (Å²) < 4.78 is 11.0. The number of para-hydroxylation sites is 2. The summed E-state index contributed by atoms with van der Waals surface area (Å²) in [5.41, 5.74) is 1.34. The van der Waals surface area contributed by atoms with Gasteiger partial charge < -0.3 is 20.1 Å². The minimum Gasteiger partial charge on any atom is -0.457 e. The summed E-state index contributed by atoms with van der Waals surface area (Å²) >= 11 is 0. The molecular weight excluding hydrogens is 392 g/mol. The van der Waals surface area contributed by atoms with Crippen LogP contribution in [0.5, 0.6) is 11.5 Å². The van der Waals surface area contributed by atoms with Gasteiger partial charge in [-0.15, -0.1) is 0 Å². The zero-order chi connectivity index (χ0) is 21.9. The van der Waals surface area contributed by atoms with Gasteiger partial charge in [0.1, 0.15) is 11.5 Å². The molecule has 0 saturated heterocycles. The molecule has 0 fully saturated rings. The van der Waals surface area contributed by atoms with Crippen LogP contribution in [0.3, 0.4) is 0 Å². The van der Waals surface area contributed by atoms with Crippen LogP contribution in [0.2, 0.25) is 0 Å². The van der Waals surface area contributed by atoms with Gasteiger partial charge in [-0.05, 0) is 61.9 Å². The molecule has 0 atom stereocenters. The second-order valence-corrected chi connectivity index (χ2v) is 6.75. The van der Waals surface area contributed by atoms with Gasteiger partial charge in [-0.25, -0.2) is 0 Å². The van der Waals surface area contributed by atoms with Crippen LogP contribution in [0.15, 0.2) is 78.9 Å². The van der Waals surface area contributed by atoms with Gasteiger partial charge in [0.15, 0.2) is 0 Å². The molecule has 0 heterocycles. The molecular formula is C25H26N2O4. The molecule has 160 valence electrons. The molecule has 3 aromatic rings. The Labute approximate surface area is 182 Å². The maximum atomic E-state index is 12.7. The van der Waals surface area contributed by atoms with Crippen molar-refractivity contribution in [3.8, 4) is 11.5 Å². The first-order chi connectivity index (χ1) is 15.2. The van der Waals surface area contributed by atoms with Crippen molar-refractivity contribution in [1.29, 1.82) is 0 Å². The summed E-state index contributed by atoms with van der Waals surface area (Å²) in [6.45, 7) is 3.69. The van der Waals surface area contributed by atoms with Crippen molar-refractivity contribution in [2.45, 2.75) is 13.3 Å². The van der Waals surface area contributed by atoms with Gasteiger partial charge in [-0.3, -0.25) is 9.59 Å².